The Morgan fingerprint density at radius 1 is 1.36 bits per heavy atom. The molecule has 0 spiro atoms. The summed E-state index contributed by atoms with van der Waals surface area (Å²) in [4.78, 5) is 8.58. The van der Waals surface area contributed by atoms with Gasteiger partial charge in [0.2, 0.25) is 0 Å². The summed E-state index contributed by atoms with van der Waals surface area (Å²) in [5, 5.41) is 0. The van der Waals surface area contributed by atoms with Crippen molar-refractivity contribution >= 4 is 15.9 Å². The third-order valence-corrected chi connectivity index (χ3v) is 2.65. The van der Waals surface area contributed by atoms with E-state index in [-0.39, 0.29) is 0 Å². The molecule has 0 amide bonds. The maximum atomic E-state index is 4.31. The molecule has 4 heteroatoms. The molecule has 2 aromatic rings. The van der Waals surface area contributed by atoms with Gasteiger partial charge in [0, 0.05) is 12.7 Å². The molecule has 0 aliphatic rings. The van der Waals surface area contributed by atoms with Gasteiger partial charge in [-0.3, -0.25) is 4.98 Å². The van der Waals surface area contributed by atoms with Gasteiger partial charge in [0.25, 0.3) is 0 Å². The van der Waals surface area contributed by atoms with Crippen molar-refractivity contribution < 1.29 is 0 Å². The number of aromatic nitrogens is 3. The van der Waals surface area contributed by atoms with E-state index >= 15 is 0 Å². The second kappa shape index (κ2) is 3.92. The second-order valence-corrected chi connectivity index (χ2v) is 3.68. The summed E-state index contributed by atoms with van der Waals surface area (Å²) in [5.74, 6) is 0.903. The number of imidazole rings is 1. The summed E-state index contributed by atoms with van der Waals surface area (Å²) in [5.41, 5.74) is 0.903. The Morgan fingerprint density at radius 3 is 2.86 bits per heavy atom. The van der Waals surface area contributed by atoms with Crippen LogP contribution < -0.4 is 0 Å². The third kappa shape index (κ3) is 1.57. The van der Waals surface area contributed by atoms with Gasteiger partial charge in [0.15, 0.2) is 5.82 Å². The molecule has 0 aliphatic carbocycles. The van der Waals surface area contributed by atoms with E-state index < -0.39 is 0 Å². The summed E-state index contributed by atoms with van der Waals surface area (Å²) in [6.45, 7) is 2.96. The average molecular weight is 252 g/mol. The molecule has 0 saturated carbocycles. The fraction of sp³-hybridized carbons (Fsp3) is 0.200. The molecule has 0 N–H and O–H groups in total. The zero-order valence-corrected chi connectivity index (χ0v) is 9.40. The predicted molar refractivity (Wildman–Crippen MR) is 58.8 cm³/mol. The lowest BCUT2D eigenvalue weighted by Crippen LogP contribution is -1.98. The van der Waals surface area contributed by atoms with E-state index in [1.807, 2.05) is 18.2 Å². The van der Waals surface area contributed by atoms with Crippen LogP contribution in [0.5, 0.6) is 0 Å². The Labute approximate surface area is 90.9 Å². The van der Waals surface area contributed by atoms with Crippen LogP contribution in [-0.2, 0) is 6.54 Å². The van der Waals surface area contributed by atoms with Crippen molar-refractivity contribution in [3.8, 4) is 11.5 Å². The first-order valence-electron chi connectivity index (χ1n) is 4.45. The zero-order valence-electron chi connectivity index (χ0n) is 7.81. The molecule has 0 fully saturated rings. The maximum absolute atomic E-state index is 4.31. The van der Waals surface area contributed by atoms with E-state index in [2.05, 4.69) is 37.4 Å². The summed E-state index contributed by atoms with van der Waals surface area (Å²) in [7, 11) is 0. The van der Waals surface area contributed by atoms with Crippen LogP contribution in [0.25, 0.3) is 11.5 Å². The molecule has 0 unspecified atom stereocenters. The van der Waals surface area contributed by atoms with Crippen LogP contribution in [0.1, 0.15) is 6.92 Å². The third-order valence-electron chi connectivity index (χ3n) is 2.02. The van der Waals surface area contributed by atoms with Crippen LogP contribution in [0.15, 0.2) is 35.2 Å². The van der Waals surface area contributed by atoms with E-state index in [9.17, 15) is 0 Å². The SMILES string of the molecule is CCn1c(Br)cnc1-c1ccccn1. The Kier molecular flexibility index (Phi) is 2.63. The fourth-order valence-corrected chi connectivity index (χ4v) is 1.88. The summed E-state index contributed by atoms with van der Waals surface area (Å²) in [6, 6.07) is 5.82. The van der Waals surface area contributed by atoms with Crippen molar-refractivity contribution in [2.75, 3.05) is 0 Å². The molecule has 2 rings (SSSR count). The topological polar surface area (TPSA) is 30.7 Å². The summed E-state index contributed by atoms with van der Waals surface area (Å²) >= 11 is 3.45. The molecule has 72 valence electrons. The number of halogens is 1. The molecular formula is C10H10BrN3. The highest BCUT2D eigenvalue weighted by Gasteiger charge is 2.08. The molecule has 0 saturated heterocycles. The molecule has 2 heterocycles. The van der Waals surface area contributed by atoms with Crippen molar-refractivity contribution in [3.63, 3.8) is 0 Å². The van der Waals surface area contributed by atoms with E-state index in [1.165, 1.54) is 0 Å². The van der Waals surface area contributed by atoms with Crippen molar-refractivity contribution in [1.29, 1.82) is 0 Å². The van der Waals surface area contributed by atoms with Gasteiger partial charge in [-0.15, -0.1) is 0 Å². The van der Waals surface area contributed by atoms with Crippen LogP contribution in [-0.4, -0.2) is 14.5 Å². The zero-order chi connectivity index (χ0) is 9.97. The molecule has 14 heavy (non-hydrogen) atoms. The molecule has 2 aromatic heterocycles. The summed E-state index contributed by atoms with van der Waals surface area (Å²) in [6.07, 6.45) is 3.57. The van der Waals surface area contributed by atoms with E-state index in [4.69, 9.17) is 0 Å². The van der Waals surface area contributed by atoms with Crippen molar-refractivity contribution in [1.82, 2.24) is 14.5 Å². The first kappa shape index (κ1) is 9.40. The molecular weight excluding hydrogens is 242 g/mol. The van der Waals surface area contributed by atoms with Gasteiger partial charge in [0.05, 0.1) is 6.20 Å². The van der Waals surface area contributed by atoms with Crippen molar-refractivity contribution in [2.45, 2.75) is 13.5 Å². The van der Waals surface area contributed by atoms with Crippen LogP contribution in [0, 0.1) is 0 Å². The Balaban J connectivity index is 2.52. The minimum absolute atomic E-state index is 0.881. The Hall–Kier alpha value is -1.16. The fourth-order valence-electron chi connectivity index (χ4n) is 1.36. The Bertz CT molecular complexity index is 422. The standard InChI is InChI=1S/C10H10BrN3/c1-2-14-9(11)7-13-10(14)8-5-3-4-6-12-8/h3-7H,2H2,1H3. The molecule has 0 atom stereocenters. The lowest BCUT2D eigenvalue weighted by Gasteiger charge is -2.04. The maximum Gasteiger partial charge on any atom is 0.159 e. The first-order valence-corrected chi connectivity index (χ1v) is 5.24. The van der Waals surface area contributed by atoms with E-state index in [1.54, 1.807) is 12.4 Å². The number of pyridine rings is 1. The quantitative estimate of drug-likeness (QED) is 0.822. The molecule has 0 aliphatic heterocycles. The van der Waals surface area contributed by atoms with Gasteiger partial charge in [-0.05, 0) is 35.0 Å². The van der Waals surface area contributed by atoms with Crippen LogP contribution >= 0.6 is 15.9 Å². The van der Waals surface area contributed by atoms with Gasteiger partial charge in [-0.25, -0.2) is 4.98 Å². The van der Waals surface area contributed by atoms with Gasteiger partial charge >= 0.3 is 0 Å². The second-order valence-electron chi connectivity index (χ2n) is 2.86. The monoisotopic (exact) mass is 251 g/mol. The highest BCUT2D eigenvalue weighted by Crippen LogP contribution is 2.20. The van der Waals surface area contributed by atoms with Gasteiger partial charge in [-0.2, -0.15) is 0 Å². The minimum Gasteiger partial charge on any atom is -0.318 e. The lowest BCUT2D eigenvalue weighted by molar-refractivity contribution is 0.752. The normalized spacial score (nSPS) is 10.4. The molecule has 3 nitrogen and oxygen atoms in total. The highest BCUT2D eigenvalue weighted by atomic mass is 79.9. The average Bonchev–Trinajstić information content (AvgIpc) is 2.61. The number of nitrogens with zero attached hydrogens (tertiary/aromatic N) is 3. The van der Waals surface area contributed by atoms with Gasteiger partial charge < -0.3 is 4.57 Å². The van der Waals surface area contributed by atoms with Gasteiger partial charge in [0.1, 0.15) is 10.3 Å². The van der Waals surface area contributed by atoms with Crippen LogP contribution in [0.3, 0.4) is 0 Å². The largest absolute Gasteiger partial charge is 0.318 e. The van der Waals surface area contributed by atoms with E-state index in [0.717, 1.165) is 22.7 Å². The number of hydrogen-bond acceptors (Lipinski definition) is 2. The van der Waals surface area contributed by atoms with Crippen molar-refractivity contribution in [3.05, 3.63) is 35.2 Å². The highest BCUT2D eigenvalue weighted by molar-refractivity contribution is 9.10. The van der Waals surface area contributed by atoms with Crippen LogP contribution in [0.2, 0.25) is 0 Å². The predicted octanol–water partition coefficient (Wildman–Crippen LogP) is 2.73. The lowest BCUT2D eigenvalue weighted by atomic mass is 10.3. The molecule has 0 aromatic carbocycles. The van der Waals surface area contributed by atoms with Gasteiger partial charge in [-0.1, -0.05) is 6.07 Å². The van der Waals surface area contributed by atoms with E-state index in [0.29, 0.717) is 0 Å². The smallest absolute Gasteiger partial charge is 0.159 e. The van der Waals surface area contributed by atoms with Crippen LogP contribution in [0.4, 0.5) is 0 Å². The minimum atomic E-state index is 0.881. The first-order chi connectivity index (χ1) is 6.83. The Morgan fingerprint density at radius 2 is 2.21 bits per heavy atom. The molecule has 0 radical (unpaired) electrons. The number of hydrogen-bond donors (Lipinski definition) is 0. The summed E-state index contributed by atoms with van der Waals surface area (Å²) < 4.78 is 3.06. The number of rotatable bonds is 2. The molecule has 0 bridgehead atoms. The van der Waals surface area contributed by atoms with Crippen molar-refractivity contribution in [2.24, 2.45) is 0 Å².